The molecule has 0 N–H and O–H groups in total. The fourth-order valence-electron chi connectivity index (χ4n) is 3.95. The van der Waals surface area contributed by atoms with Crippen LogP contribution in [0, 0.1) is 0 Å². The lowest BCUT2D eigenvalue weighted by atomic mass is 10.0. The molecule has 0 radical (unpaired) electrons. The number of fused-ring (bicyclic) bond motifs is 1. The molecule has 1 atom stereocenters. The van der Waals surface area contributed by atoms with Gasteiger partial charge in [-0.25, -0.2) is 9.97 Å². The highest BCUT2D eigenvalue weighted by atomic mass is 35.5. The number of hydrogen-bond donors (Lipinski definition) is 0. The Morgan fingerprint density at radius 2 is 2.08 bits per heavy atom. The minimum Gasteiger partial charge on any atom is -0.296 e. The predicted molar refractivity (Wildman–Crippen MR) is 101 cm³/mol. The van der Waals surface area contributed by atoms with Crippen LogP contribution in [0.4, 0.5) is 0 Å². The maximum Gasteiger partial charge on any atom is 0.145 e. The monoisotopic (exact) mass is 356 g/mol. The molecule has 2 aromatic rings. The van der Waals surface area contributed by atoms with Crippen molar-refractivity contribution in [3.63, 3.8) is 0 Å². The fourth-order valence-corrected chi connectivity index (χ4v) is 4.15. The molecule has 2 aliphatic rings. The van der Waals surface area contributed by atoms with Crippen molar-refractivity contribution in [2.75, 3.05) is 20.1 Å². The van der Waals surface area contributed by atoms with Crippen molar-refractivity contribution in [1.82, 2.24) is 19.8 Å². The summed E-state index contributed by atoms with van der Waals surface area (Å²) >= 11 is 6.31. The molecule has 0 bridgehead atoms. The summed E-state index contributed by atoms with van der Waals surface area (Å²) < 4.78 is 0. The van der Waals surface area contributed by atoms with Crippen LogP contribution in [0.2, 0.25) is 5.02 Å². The van der Waals surface area contributed by atoms with Crippen molar-refractivity contribution in [3.05, 3.63) is 58.1 Å². The van der Waals surface area contributed by atoms with Crippen molar-refractivity contribution in [2.45, 2.75) is 44.8 Å². The van der Waals surface area contributed by atoms with Crippen molar-refractivity contribution in [3.8, 4) is 0 Å². The standard InChI is InChI=1S/C20H25ClN4/c1-24-10-5-4-8-19(24)20-22-12-16-14-25(11-9-18(16)23-20)13-15-6-2-3-7-17(15)21/h2-3,6-7,12,19H,4-5,8-11,13-14H2,1H3/t19-/m1/s1. The Labute approximate surface area is 154 Å². The second-order valence-electron chi connectivity index (χ2n) is 7.24. The van der Waals surface area contributed by atoms with E-state index in [2.05, 4.69) is 35.2 Å². The fraction of sp³-hybridized carbons (Fsp3) is 0.500. The first-order valence-corrected chi connectivity index (χ1v) is 9.59. The number of benzene rings is 1. The maximum atomic E-state index is 6.31. The summed E-state index contributed by atoms with van der Waals surface area (Å²) in [6.07, 6.45) is 6.79. The molecule has 4 rings (SSSR count). The van der Waals surface area contributed by atoms with E-state index in [-0.39, 0.29) is 0 Å². The summed E-state index contributed by atoms with van der Waals surface area (Å²) in [6, 6.07) is 8.49. The molecule has 5 heteroatoms. The molecule has 132 valence electrons. The third-order valence-corrected chi connectivity index (χ3v) is 5.82. The van der Waals surface area contributed by atoms with Gasteiger partial charge in [0.1, 0.15) is 5.82 Å². The topological polar surface area (TPSA) is 32.3 Å². The Bertz CT molecular complexity index is 748. The zero-order chi connectivity index (χ0) is 17.2. The summed E-state index contributed by atoms with van der Waals surface area (Å²) in [5.41, 5.74) is 3.69. The molecule has 1 fully saturated rings. The lowest BCUT2D eigenvalue weighted by Crippen LogP contribution is -2.33. The third-order valence-electron chi connectivity index (χ3n) is 5.45. The van der Waals surface area contributed by atoms with E-state index in [9.17, 15) is 0 Å². The quantitative estimate of drug-likeness (QED) is 0.836. The minimum absolute atomic E-state index is 0.389. The molecule has 2 aliphatic heterocycles. The predicted octanol–water partition coefficient (Wildman–Crippen LogP) is 3.85. The van der Waals surface area contributed by atoms with E-state index >= 15 is 0 Å². The van der Waals surface area contributed by atoms with Gasteiger partial charge in [-0.2, -0.15) is 0 Å². The van der Waals surface area contributed by atoms with E-state index in [0.29, 0.717) is 6.04 Å². The summed E-state index contributed by atoms with van der Waals surface area (Å²) in [5, 5.41) is 0.847. The van der Waals surface area contributed by atoms with Crippen molar-refractivity contribution in [1.29, 1.82) is 0 Å². The van der Waals surface area contributed by atoms with Gasteiger partial charge in [-0.15, -0.1) is 0 Å². The van der Waals surface area contributed by atoms with Gasteiger partial charge >= 0.3 is 0 Å². The van der Waals surface area contributed by atoms with E-state index in [1.54, 1.807) is 0 Å². The second kappa shape index (κ2) is 7.40. The van der Waals surface area contributed by atoms with Gasteiger partial charge < -0.3 is 0 Å². The lowest BCUT2D eigenvalue weighted by Gasteiger charge is -2.33. The van der Waals surface area contributed by atoms with Crippen LogP contribution in [-0.2, 0) is 19.5 Å². The molecular formula is C20H25ClN4. The van der Waals surface area contributed by atoms with Crippen LogP contribution in [0.5, 0.6) is 0 Å². The smallest absolute Gasteiger partial charge is 0.145 e. The van der Waals surface area contributed by atoms with Crippen molar-refractivity contribution in [2.24, 2.45) is 0 Å². The third kappa shape index (κ3) is 3.71. The molecule has 0 spiro atoms. The summed E-state index contributed by atoms with van der Waals surface area (Å²) in [7, 11) is 2.19. The van der Waals surface area contributed by atoms with Crippen LogP contribution in [-0.4, -0.2) is 39.9 Å². The van der Waals surface area contributed by atoms with Gasteiger partial charge in [0.25, 0.3) is 0 Å². The Kier molecular flexibility index (Phi) is 5.02. The molecular weight excluding hydrogens is 332 g/mol. The summed E-state index contributed by atoms with van der Waals surface area (Å²) in [6.45, 7) is 3.96. The van der Waals surface area contributed by atoms with Crippen LogP contribution >= 0.6 is 11.6 Å². The molecule has 0 unspecified atom stereocenters. The number of likely N-dealkylation sites (tertiary alicyclic amines) is 1. The average Bonchev–Trinajstić information content (AvgIpc) is 2.64. The highest BCUT2D eigenvalue weighted by molar-refractivity contribution is 6.31. The van der Waals surface area contributed by atoms with E-state index in [4.69, 9.17) is 21.6 Å². The van der Waals surface area contributed by atoms with Crippen LogP contribution < -0.4 is 0 Å². The first kappa shape index (κ1) is 17.0. The molecule has 25 heavy (non-hydrogen) atoms. The number of aromatic nitrogens is 2. The Morgan fingerprint density at radius 1 is 1.20 bits per heavy atom. The van der Waals surface area contributed by atoms with Crippen LogP contribution in [0.3, 0.4) is 0 Å². The van der Waals surface area contributed by atoms with Gasteiger partial charge in [0.05, 0.1) is 6.04 Å². The Morgan fingerprint density at radius 3 is 2.92 bits per heavy atom. The van der Waals surface area contributed by atoms with Crippen LogP contribution in [0.1, 0.15) is 47.9 Å². The molecule has 4 nitrogen and oxygen atoms in total. The average molecular weight is 357 g/mol. The summed E-state index contributed by atoms with van der Waals surface area (Å²) in [4.78, 5) is 14.5. The van der Waals surface area contributed by atoms with Gasteiger partial charge in [-0.05, 0) is 38.1 Å². The summed E-state index contributed by atoms with van der Waals surface area (Å²) in [5.74, 6) is 1.01. The molecule has 0 aliphatic carbocycles. The molecule has 1 saturated heterocycles. The zero-order valence-corrected chi connectivity index (χ0v) is 15.5. The number of nitrogens with zero attached hydrogens (tertiary/aromatic N) is 4. The first-order valence-electron chi connectivity index (χ1n) is 9.21. The molecule has 1 aromatic carbocycles. The maximum absolute atomic E-state index is 6.31. The van der Waals surface area contributed by atoms with Crippen LogP contribution in [0.15, 0.2) is 30.5 Å². The number of hydrogen-bond acceptors (Lipinski definition) is 4. The van der Waals surface area contributed by atoms with Gasteiger partial charge in [-0.3, -0.25) is 9.80 Å². The second-order valence-corrected chi connectivity index (χ2v) is 7.65. The zero-order valence-electron chi connectivity index (χ0n) is 14.8. The van der Waals surface area contributed by atoms with Gasteiger partial charge in [-0.1, -0.05) is 36.2 Å². The van der Waals surface area contributed by atoms with Gasteiger partial charge in [0.15, 0.2) is 0 Å². The number of halogens is 1. The van der Waals surface area contributed by atoms with Crippen molar-refractivity contribution < 1.29 is 0 Å². The Balaban J connectivity index is 1.48. The van der Waals surface area contributed by atoms with E-state index in [1.165, 1.54) is 36.1 Å². The van der Waals surface area contributed by atoms with Crippen LogP contribution in [0.25, 0.3) is 0 Å². The van der Waals surface area contributed by atoms with Gasteiger partial charge in [0.2, 0.25) is 0 Å². The molecule has 3 heterocycles. The first-order chi connectivity index (χ1) is 12.2. The molecule has 0 amide bonds. The lowest BCUT2D eigenvalue weighted by molar-refractivity contribution is 0.178. The number of piperidine rings is 1. The van der Waals surface area contributed by atoms with E-state index in [1.807, 2.05) is 12.1 Å². The molecule has 1 aromatic heterocycles. The van der Waals surface area contributed by atoms with E-state index in [0.717, 1.165) is 43.4 Å². The molecule has 0 saturated carbocycles. The largest absolute Gasteiger partial charge is 0.296 e. The normalized spacial score (nSPS) is 21.9. The number of rotatable bonds is 3. The van der Waals surface area contributed by atoms with Gasteiger partial charge in [0, 0.05) is 48.5 Å². The highest BCUT2D eigenvalue weighted by Crippen LogP contribution is 2.29. The van der Waals surface area contributed by atoms with Crippen molar-refractivity contribution >= 4 is 11.6 Å². The SMILES string of the molecule is CN1CCCC[C@@H]1c1ncc2c(n1)CCN(Cc1ccccc1Cl)C2. The Hall–Kier alpha value is -1.49. The minimum atomic E-state index is 0.389. The highest BCUT2D eigenvalue weighted by Gasteiger charge is 2.25. The van der Waals surface area contributed by atoms with E-state index < -0.39 is 0 Å².